The van der Waals surface area contributed by atoms with E-state index in [2.05, 4.69) is 36.5 Å². The summed E-state index contributed by atoms with van der Waals surface area (Å²) in [7, 11) is 0. The van der Waals surface area contributed by atoms with Crippen molar-refractivity contribution in [3.63, 3.8) is 0 Å². The summed E-state index contributed by atoms with van der Waals surface area (Å²) in [6.07, 6.45) is 0. The van der Waals surface area contributed by atoms with Crippen LogP contribution < -0.4 is 11.1 Å². The van der Waals surface area contributed by atoms with Crippen molar-refractivity contribution in [1.29, 1.82) is 0 Å². The number of benzene rings is 3. The molecule has 0 bridgehead atoms. The fraction of sp³-hybridized carbons (Fsp3) is 0.0952. The molecule has 0 fully saturated rings. The van der Waals surface area contributed by atoms with E-state index in [0.29, 0.717) is 5.56 Å². The molecule has 0 spiro atoms. The number of hydrogen-bond donors (Lipinski definition) is 2. The quantitative estimate of drug-likeness (QED) is 0.734. The molecule has 120 valence electrons. The van der Waals surface area contributed by atoms with Gasteiger partial charge in [0, 0.05) is 17.8 Å². The number of anilines is 1. The van der Waals surface area contributed by atoms with Crippen LogP contribution in [-0.4, -0.2) is 5.91 Å². The van der Waals surface area contributed by atoms with Crippen LogP contribution in [0.15, 0.2) is 72.8 Å². The normalized spacial score (nSPS) is 10.4. The monoisotopic (exact) mass is 316 g/mol. The first-order chi connectivity index (χ1) is 11.6. The molecule has 3 nitrogen and oxygen atoms in total. The summed E-state index contributed by atoms with van der Waals surface area (Å²) < 4.78 is 0. The second-order valence-electron chi connectivity index (χ2n) is 5.76. The van der Waals surface area contributed by atoms with Gasteiger partial charge in [-0.15, -0.1) is 0 Å². The molecule has 0 atom stereocenters. The van der Waals surface area contributed by atoms with Gasteiger partial charge in [-0.2, -0.15) is 0 Å². The maximum absolute atomic E-state index is 11.4. The number of carbonyl (C=O) groups excluding carboxylic acids is 1. The lowest BCUT2D eigenvalue weighted by atomic mass is 9.97. The van der Waals surface area contributed by atoms with E-state index in [-0.39, 0.29) is 0 Å². The highest BCUT2D eigenvalue weighted by molar-refractivity contribution is 5.94. The number of nitrogens with one attached hydrogen (secondary N) is 1. The molecule has 3 N–H and O–H groups in total. The zero-order valence-electron chi connectivity index (χ0n) is 13.6. The zero-order chi connectivity index (χ0) is 16.9. The standard InChI is InChI=1S/C21H20N2O/c1-15-19(17-9-5-10-18(13-17)21(22)24)11-6-12-20(15)23-14-16-7-3-2-4-8-16/h2-13,23H,14H2,1H3,(H2,22,24). The second-order valence-corrected chi connectivity index (χ2v) is 5.76. The lowest BCUT2D eigenvalue weighted by Crippen LogP contribution is -2.10. The Morgan fingerprint density at radius 1 is 0.958 bits per heavy atom. The van der Waals surface area contributed by atoms with Crippen molar-refractivity contribution >= 4 is 11.6 Å². The van der Waals surface area contributed by atoms with E-state index < -0.39 is 5.91 Å². The van der Waals surface area contributed by atoms with Crippen molar-refractivity contribution in [2.75, 3.05) is 5.32 Å². The molecular weight excluding hydrogens is 296 g/mol. The lowest BCUT2D eigenvalue weighted by Gasteiger charge is -2.14. The topological polar surface area (TPSA) is 55.1 Å². The van der Waals surface area contributed by atoms with Crippen molar-refractivity contribution in [2.45, 2.75) is 13.5 Å². The van der Waals surface area contributed by atoms with E-state index in [1.54, 1.807) is 6.07 Å². The summed E-state index contributed by atoms with van der Waals surface area (Å²) in [4.78, 5) is 11.4. The number of amides is 1. The third-order valence-electron chi connectivity index (χ3n) is 4.12. The van der Waals surface area contributed by atoms with E-state index in [0.717, 1.165) is 28.9 Å². The molecule has 3 heteroatoms. The molecular formula is C21H20N2O. The largest absolute Gasteiger partial charge is 0.381 e. The maximum atomic E-state index is 11.4. The molecule has 0 unspecified atom stereocenters. The molecule has 0 aliphatic heterocycles. The maximum Gasteiger partial charge on any atom is 0.248 e. The molecule has 0 radical (unpaired) electrons. The van der Waals surface area contributed by atoms with E-state index in [1.165, 1.54) is 5.56 Å². The van der Waals surface area contributed by atoms with Crippen LogP contribution in [0.5, 0.6) is 0 Å². The Morgan fingerprint density at radius 2 is 1.71 bits per heavy atom. The number of nitrogens with two attached hydrogens (primary N) is 1. The second kappa shape index (κ2) is 7.01. The number of hydrogen-bond acceptors (Lipinski definition) is 2. The third-order valence-corrected chi connectivity index (χ3v) is 4.12. The first kappa shape index (κ1) is 15.8. The summed E-state index contributed by atoms with van der Waals surface area (Å²) >= 11 is 0. The number of rotatable bonds is 5. The molecule has 0 aliphatic rings. The van der Waals surface area contributed by atoms with Crippen molar-refractivity contribution in [2.24, 2.45) is 5.73 Å². The van der Waals surface area contributed by atoms with Crippen LogP contribution in [0.1, 0.15) is 21.5 Å². The van der Waals surface area contributed by atoms with Gasteiger partial charge < -0.3 is 11.1 Å². The highest BCUT2D eigenvalue weighted by atomic mass is 16.1. The Labute approximate surface area is 142 Å². The number of carbonyl (C=O) groups is 1. The van der Waals surface area contributed by atoms with E-state index in [9.17, 15) is 4.79 Å². The minimum atomic E-state index is -0.409. The molecule has 0 saturated carbocycles. The van der Waals surface area contributed by atoms with Gasteiger partial charge in [-0.05, 0) is 47.4 Å². The van der Waals surface area contributed by atoms with Gasteiger partial charge in [-0.1, -0.05) is 54.6 Å². The van der Waals surface area contributed by atoms with Crippen LogP contribution in [-0.2, 0) is 6.54 Å². The molecule has 0 aromatic heterocycles. The molecule has 0 heterocycles. The highest BCUT2D eigenvalue weighted by Crippen LogP contribution is 2.29. The van der Waals surface area contributed by atoms with Gasteiger partial charge in [0.25, 0.3) is 0 Å². The average Bonchev–Trinajstić information content (AvgIpc) is 2.62. The van der Waals surface area contributed by atoms with Gasteiger partial charge in [0.05, 0.1) is 0 Å². The summed E-state index contributed by atoms with van der Waals surface area (Å²) in [5.74, 6) is -0.409. The van der Waals surface area contributed by atoms with Crippen LogP contribution in [0.25, 0.3) is 11.1 Å². The zero-order valence-corrected chi connectivity index (χ0v) is 13.6. The lowest BCUT2D eigenvalue weighted by molar-refractivity contribution is 0.100. The van der Waals surface area contributed by atoms with Gasteiger partial charge in [-0.25, -0.2) is 0 Å². The minimum Gasteiger partial charge on any atom is -0.381 e. The average molecular weight is 316 g/mol. The van der Waals surface area contributed by atoms with Crippen molar-refractivity contribution in [3.8, 4) is 11.1 Å². The van der Waals surface area contributed by atoms with Crippen molar-refractivity contribution in [1.82, 2.24) is 0 Å². The fourth-order valence-corrected chi connectivity index (χ4v) is 2.77. The van der Waals surface area contributed by atoms with Crippen molar-refractivity contribution in [3.05, 3.63) is 89.5 Å². The van der Waals surface area contributed by atoms with Gasteiger partial charge in [0.2, 0.25) is 5.91 Å². The van der Waals surface area contributed by atoms with Crippen LogP contribution in [0.3, 0.4) is 0 Å². The molecule has 0 aliphatic carbocycles. The third kappa shape index (κ3) is 3.46. The summed E-state index contributed by atoms with van der Waals surface area (Å²) in [5, 5.41) is 3.49. The predicted molar refractivity (Wildman–Crippen MR) is 98.9 cm³/mol. The Morgan fingerprint density at radius 3 is 2.46 bits per heavy atom. The summed E-state index contributed by atoms with van der Waals surface area (Å²) in [6.45, 7) is 2.85. The van der Waals surface area contributed by atoms with Crippen LogP contribution in [0.2, 0.25) is 0 Å². The van der Waals surface area contributed by atoms with E-state index in [1.807, 2.05) is 42.5 Å². The molecule has 1 amide bonds. The smallest absolute Gasteiger partial charge is 0.248 e. The van der Waals surface area contributed by atoms with E-state index >= 15 is 0 Å². The molecule has 3 aromatic rings. The highest BCUT2D eigenvalue weighted by Gasteiger charge is 2.08. The van der Waals surface area contributed by atoms with Crippen LogP contribution >= 0.6 is 0 Å². The Balaban J connectivity index is 1.88. The first-order valence-corrected chi connectivity index (χ1v) is 7.93. The van der Waals surface area contributed by atoms with E-state index in [4.69, 9.17) is 5.73 Å². The molecule has 3 aromatic carbocycles. The molecule has 3 rings (SSSR count). The first-order valence-electron chi connectivity index (χ1n) is 7.93. The minimum absolute atomic E-state index is 0.409. The molecule has 24 heavy (non-hydrogen) atoms. The summed E-state index contributed by atoms with van der Waals surface area (Å²) in [5.41, 5.74) is 11.5. The fourth-order valence-electron chi connectivity index (χ4n) is 2.77. The Kier molecular flexibility index (Phi) is 4.62. The van der Waals surface area contributed by atoms with Crippen molar-refractivity contribution < 1.29 is 4.79 Å². The predicted octanol–water partition coefficient (Wildman–Crippen LogP) is 4.37. The van der Waals surface area contributed by atoms with Crippen LogP contribution in [0.4, 0.5) is 5.69 Å². The Bertz CT molecular complexity index is 857. The van der Waals surface area contributed by atoms with Gasteiger partial charge in [-0.3, -0.25) is 4.79 Å². The van der Waals surface area contributed by atoms with Gasteiger partial charge in [0.15, 0.2) is 0 Å². The van der Waals surface area contributed by atoms with Crippen LogP contribution in [0, 0.1) is 6.92 Å². The SMILES string of the molecule is Cc1c(NCc2ccccc2)cccc1-c1cccc(C(N)=O)c1. The molecule has 0 saturated heterocycles. The van der Waals surface area contributed by atoms with Gasteiger partial charge >= 0.3 is 0 Å². The Hall–Kier alpha value is -3.07. The van der Waals surface area contributed by atoms with Gasteiger partial charge in [0.1, 0.15) is 0 Å². The summed E-state index contributed by atoms with van der Waals surface area (Å²) in [6, 6.07) is 23.9. The number of primary amides is 1.